The molecule has 1 heterocycles. The van der Waals surface area contributed by atoms with Crippen LogP contribution in [0.2, 0.25) is 10.0 Å². The van der Waals surface area contributed by atoms with E-state index in [1.807, 2.05) is 12.1 Å². The number of nitrogens with one attached hydrogen (secondary N) is 1. The Kier molecular flexibility index (Phi) is 6.62. The lowest BCUT2D eigenvalue weighted by Gasteiger charge is -2.33. The Morgan fingerprint density at radius 2 is 1.68 bits per heavy atom. The van der Waals surface area contributed by atoms with E-state index in [9.17, 15) is 13.2 Å². The number of hydrogen-bond acceptors (Lipinski definition) is 4. The van der Waals surface area contributed by atoms with Gasteiger partial charge in [-0.1, -0.05) is 35.3 Å². The quantitative estimate of drug-likeness (QED) is 0.772. The lowest BCUT2D eigenvalue weighted by Crippen LogP contribution is -2.47. The molecule has 0 radical (unpaired) electrons. The maximum Gasteiger partial charge on any atom is 0.255 e. The van der Waals surface area contributed by atoms with Crippen molar-refractivity contribution in [1.29, 1.82) is 0 Å². The van der Waals surface area contributed by atoms with E-state index < -0.39 is 10.0 Å². The van der Waals surface area contributed by atoms with Gasteiger partial charge in [-0.3, -0.25) is 9.69 Å². The van der Waals surface area contributed by atoms with Crippen molar-refractivity contribution in [2.45, 2.75) is 6.54 Å². The normalized spacial score (nSPS) is 16.1. The monoisotopic (exact) mass is 441 g/mol. The molecule has 1 fully saturated rings. The molecule has 0 spiro atoms. The van der Waals surface area contributed by atoms with Crippen molar-refractivity contribution in [3.63, 3.8) is 0 Å². The van der Waals surface area contributed by atoms with Crippen LogP contribution in [0.15, 0.2) is 42.5 Å². The fraction of sp³-hybridized carbons (Fsp3) is 0.316. The van der Waals surface area contributed by atoms with Gasteiger partial charge in [-0.2, -0.15) is 4.31 Å². The maximum absolute atomic E-state index is 12.4. The number of benzene rings is 2. The summed E-state index contributed by atoms with van der Waals surface area (Å²) < 4.78 is 24.7. The predicted octanol–water partition coefficient (Wildman–Crippen LogP) is 3.32. The first kappa shape index (κ1) is 21.1. The van der Waals surface area contributed by atoms with Gasteiger partial charge in [0.2, 0.25) is 10.0 Å². The molecular formula is C19H21Cl2N3O3S. The van der Waals surface area contributed by atoms with E-state index in [4.69, 9.17) is 23.2 Å². The van der Waals surface area contributed by atoms with Crippen molar-refractivity contribution in [3.05, 3.63) is 63.6 Å². The Labute approximate surface area is 175 Å². The first-order valence-electron chi connectivity index (χ1n) is 8.75. The molecule has 6 nitrogen and oxygen atoms in total. The van der Waals surface area contributed by atoms with E-state index in [0.29, 0.717) is 54.0 Å². The van der Waals surface area contributed by atoms with Crippen LogP contribution in [-0.2, 0) is 16.6 Å². The van der Waals surface area contributed by atoms with Gasteiger partial charge in [-0.15, -0.1) is 0 Å². The van der Waals surface area contributed by atoms with E-state index >= 15 is 0 Å². The van der Waals surface area contributed by atoms with Crippen LogP contribution >= 0.6 is 23.2 Å². The average Bonchev–Trinajstić information content (AvgIpc) is 2.65. The van der Waals surface area contributed by atoms with E-state index in [0.717, 1.165) is 5.56 Å². The van der Waals surface area contributed by atoms with Crippen LogP contribution in [0.4, 0.5) is 5.69 Å². The van der Waals surface area contributed by atoms with Crippen molar-refractivity contribution in [2.75, 3.05) is 37.8 Å². The van der Waals surface area contributed by atoms with Gasteiger partial charge < -0.3 is 5.32 Å². The van der Waals surface area contributed by atoms with E-state index in [2.05, 4.69) is 10.2 Å². The molecule has 1 aliphatic rings. The first-order valence-corrected chi connectivity index (χ1v) is 11.4. The summed E-state index contributed by atoms with van der Waals surface area (Å²) in [5.41, 5.74) is 2.04. The molecule has 0 saturated carbocycles. The fourth-order valence-electron chi connectivity index (χ4n) is 3.03. The minimum Gasteiger partial charge on any atom is -0.321 e. The summed E-state index contributed by atoms with van der Waals surface area (Å²) in [5, 5.41) is 3.67. The van der Waals surface area contributed by atoms with Crippen molar-refractivity contribution < 1.29 is 13.2 Å². The smallest absolute Gasteiger partial charge is 0.255 e. The van der Waals surface area contributed by atoms with E-state index in [1.165, 1.54) is 10.6 Å². The molecule has 0 unspecified atom stereocenters. The van der Waals surface area contributed by atoms with Gasteiger partial charge in [0.05, 0.1) is 17.0 Å². The van der Waals surface area contributed by atoms with Crippen LogP contribution in [0, 0.1) is 0 Å². The largest absolute Gasteiger partial charge is 0.321 e. The molecule has 1 aliphatic heterocycles. The minimum atomic E-state index is -3.12. The summed E-state index contributed by atoms with van der Waals surface area (Å²) in [5.74, 6) is -0.266. The van der Waals surface area contributed by atoms with Gasteiger partial charge >= 0.3 is 0 Å². The zero-order valence-corrected chi connectivity index (χ0v) is 17.7. The van der Waals surface area contributed by atoms with Gasteiger partial charge in [0, 0.05) is 43.3 Å². The van der Waals surface area contributed by atoms with Crippen molar-refractivity contribution in [1.82, 2.24) is 9.21 Å². The van der Waals surface area contributed by atoms with Crippen LogP contribution < -0.4 is 5.32 Å². The number of halogens is 2. The van der Waals surface area contributed by atoms with Crippen molar-refractivity contribution in [3.8, 4) is 0 Å². The highest BCUT2D eigenvalue weighted by Crippen LogP contribution is 2.26. The van der Waals surface area contributed by atoms with Crippen LogP contribution in [0.25, 0.3) is 0 Å². The van der Waals surface area contributed by atoms with Gasteiger partial charge in [0.1, 0.15) is 0 Å². The highest BCUT2D eigenvalue weighted by molar-refractivity contribution is 7.88. The second-order valence-corrected chi connectivity index (χ2v) is 9.54. The molecule has 9 heteroatoms. The van der Waals surface area contributed by atoms with Crippen LogP contribution in [0.3, 0.4) is 0 Å². The third-order valence-corrected chi connectivity index (χ3v) is 6.47. The summed E-state index contributed by atoms with van der Waals surface area (Å²) in [4.78, 5) is 14.6. The third-order valence-electron chi connectivity index (χ3n) is 4.60. The number of rotatable bonds is 5. The number of piperazine rings is 1. The molecule has 0 bridgehead atoms. The van der Waals surface area contributed by atoms with Gasteiger partial charge in [-0.05, 0) is 35.9 Å². The standard InChI is InChI=1S/C19H21Cl2N3O3S/c1-28(26,27)24-10-8-23(9-11-24)13-14-2-4-15(5-3-14)19(25)22-18-12-16(20)6-7-17(18)21/h2-7,12H,8-11,13H2,1H3,(H,22,25). The molecule has 1 saturated heterocycles. The molecule has 3 rings (SSSR count). The van der Waals surface area contributed by atoms with Crippen LogP contribution in [0.1, 0.15) is 15.9 Å². The zero-order valence-electron chi connectivity index (χ0n) is 15.4. The lowest BCUT2D eigenvalue weighted by molar-refractivity contribution is 0.102. The van der Waals surface area contributed by atoms with E-state index in [1.54, 1.807) is 30.3 Å². The number of amides is 1. The number of sulfonamides is 1. The summed E-state index contributed by atoms with van der Waals surface area (Å²) in [6.07, 6.45) is 1.24. The Morgan fingerprint density at radius 1 is 1.04 bits per heavy atom. The fourth-order valence-corrected chi connectivity index (χ4v) is 4.19. The van der Waals surface area contributed by atoms with Crippen molar-refractivity contribution >= 4 is 44.8 Å². The minimum absolute atomic E-state index is 0.266. The summed E-state index contributed by atoms with van der Waals surface area (Å²) in [6, 6.07) is 12.2. The average molecular weight is 442 g/mol. The number of carbonyl (C=O) groups excluding carboxylic acids is 1. The third kappa shape index (κ3) is 5.46. The van der Waals surface area contributed by atoms with Gasteiger partial charge in [0.15, 0.2) is 0 Å². The number of carbonyl (C=O) groups is 1. The number of nitrogens with zero attached hydrogens (tertiary/aromatic N) is 2. The highest BCUT2D eigenvalue weighted by atomic mass is 35.5. The second-order valence-electron chi connectivity index (χ2n) is 6.71. The molecule has 2 aromatic carbocycles. The molecular weight excluding hydrogens is 421 g/mol. The molecule has 0 aromatic heterocycles. The molecule has 150 valence electrons. The van der Waals surface area contributed by atoms with Crippen LogP contribution in [-0.4, -0.2) is 56.0 Å². The van der Waals surface area contributed by atoms with Gasteiger partial charge in [0.25, 0.3) is 5.91 Å². The molecule has 1 amide bonds. The number of hydrogen-bond donors (Lipinski definition) is 1. The SMILES string of the molecule is CS(=O)(=O)N1CCN(Cc2ccc(C(=O)Nc3cc(Cl)ccc3Cl)cc2)CC1. The topological polar surface area (TPSA) is 69.7 Å². The Hall–Kier alpha value is -1.64. The van der Waals surface area contributed by atoms with Gasteiger partial charge in [-0.25, -0.2) is 8.42 Å². The zero-order chi connectivity index (χ0) is 20.3. The summed E-state index contributed by atoms with van der Waals surface area (Å²) in [7, 11) is -3.12. The Morgan fingerprint density at radius 3 is 2.29 bits per heavy atom. The first-order chi connectivity index (χ1) is 13.2. The Balaban J connectivity index is 1.58. The van der Waals surface area contributed by atoms with Crippen LogP contribution in [0.5, 0.6) is 0 Å². The molecule has 0 aliphatic carbocycles. The van der Waals surface area contributed by atoms with Crippen molar-refractivity contribution in [2.24, 2.45) is 0 Å². The molecule has 0 atom stereocenters. The maximum atomic E-state index is 12.4. The molecule has 1 N–H and O–H groups in total. The molecule has 2 aromatic rings. The van der Waals surface area contributed by atoms with E-state index in [-0.39, 0.29) is 5.91 Å². The second kappa shape index (κ2) is 8.80. The predicted molar refractivity (Wildman–Crippen MR) is 113 cm³/mol. The highest BCUT2D eigenvalue weighted by Gasteiger charge is 2.23. The Bertz CT molecular complexity index is 957. The summed E-state index contributed by atoms with van der Waals surface area (Å²) >= 11 is 12.0. The molecule has 28 heavy (non-hydrogen) atoms. The number of anilines is 1. The lowest BCUT2D eigenvalue weighted by atomic mass is 10.1. The summed E-state index contributed by atoms with van der Waals surface area (Å²) in [6.45, 7) is 3.07.